The SMILES string of the molecule is C=NC(C)N1C(=O)OCC1C(C)C. The van der Waals surface area contributed by atoms with E-state index in [1.165, 1.54) is 0 Å². The molecule has 0 aromatic rings. The fourth-order valence-electron chi connectivity index (χ4n) is 1.48. The molecule has 1 amide bonds. The number of ether oxygens (including phenoxy) is 1. The number of hydrogen-bond donors (Lipinski definition) is 0. The number of cyclic esters (lactones) is 1. The Hall–Kier alpha value is -1.06. The molecule has 1 aliphatic heterocycles. The Morgan fingerprint density at radius 3 is 2.69 bits per heavy atom. The van der Waals surface area contributed by atoms with Crippen molar-refractivity contribution < 1.29 is 9.53 Å². The van der Waals surface area contributed by atoms with Crippen LogP contribution >= 0.6 is 0 Å². The monoisotopic (exact) mass is 184 g/mol. The van der Waals surface area contributed by atoms with E-state index in [9.17, 15) is 4.79 Å². The zero-order chi connectivity index (χ0) is 10.0. The molecule has 1 aliphatic rings. The average molecular weight is 184 g/mol. The summed E-state index contributed by atoms with van der Waals surface area (Å²) in [7, 11) is 0. The summed E-state index contributed by atoms with van der Waals surface area (Å²) in [5.41, 5.74) is 0. The summed E-state index contributed by atoms with van der Waals surface area (Å²) in [6, 6.07) is 0.132. The van der Waals surface area contributed by atoms with Gasteiger partial charge in [-0.1, -0.05) is 13.8 Å². The van der Waals surface area contributed by atoms with Crippen molar-refractivity contribution in [2.45, 2.75) is 33.0 Å². The molecule has 0 spiro atoms. The zero-order valence-corrected chi connectivity index (χ0v) is 8.36. The molecule has 74 valence electrons. The van der Waals surface area contributed by atoms with Gasteiger partial charge in [0.05, 0.1) is 6.04 Å². The summed E-state index contributed by atoms with van der Waals surface area (Å²) in [4.78, 5) is 16.8. The first-order chi connectivity index (χ1) is 6.07. The Morgan fingerprint density at radius 2 is 2.23 bits per heavy atom. The summed E-state index contributed by atoms with van der Waals surface area (Å²) in [6.45, 7) is 9.87. The Bertz CT molecular complexity index is 216. The fraction of sp³-hybridized carbons (Fsp3) is 0.778. The first kappa shape index (κ1) is 10.0. The van der Waals surface area contributed by atoms with Gasteiger partial charge in [-0.2, -0.15) is 0 Å². The molecule has 1 rings (SSSR count). The van der Waals surface area contributed by atoms with Crippen molar-refractivity contribution in [3.05, 3.63) is 0 Å². The van der Waals surface area contributed by atoms with Gasteiger partial charge in [0.25, 0.3) is 0 Å². The molecule has 2 atom stereocenters. The molecule has 0 aliphatic carbocycles. The lowest BCUT2D eigenvalue weighted by atomic mass is 10.0. The third-order valence-corrected chi connectivity index (χ3v) is 2.38. The molecule has 1 saturated heterocycles. The Balaban J connectivity index is 2.76. The second kappa shape index (κ2) is 3.77. The van der Waals surface area contributed by atoms with Crippen molar-refractivity contribution in [3.63, 3.8) is 0 Å². The molecule has 0 radical (unpaired) electrons. The Morgan fingerprint density at radius 1 is 1.62 bits per heavy atom. The molecule has 4 heteroatoms. The molecule has 0 bridgehead atoms. The van der Waals surface area contributed by atoms with Gasteiger partial charge in [-0.05, 0) is 19.6 Å². The Labute approximate surface area is 78.6 Å². The lowest BCUT2D eigenvalue weighted by Gasteiger charge is -2.27. The third kappa shape index (κ3) is 1.82. The number of amides is 1. The molecule has 1 fully saturated rings. The van der Waals surface area contributed by atoms with Crippen LogP contribution in [0.4, 0.5) is 4.79 Å². The maximum Gasteiger partial charge on any atom is 0.411 e. The van der Waals surface area contributed by atoms with E-state index in [0.29, 0.717) is 12.5 Å². The van der Waals surface area contributed by atoms with Gasteiger partial charge < -0.3 is 4.74 Å². The first-order valence-electron chi connectivity index (χ1n) is 4.48. The number of nitrogens with zero attached hydrogens (tertiary/aromatic N) is 2. The largest absolute Gasteiger partial charge is 0.447 e. The molecule has 0 N–H and O–H groups in total. The smallest absolute Gasteiger partial charge is 0.411 e. The molecule has 0 aromatic carbocycles. The minimum atomic E-state index is -0.279. The molecule has 4 nitrogen and oxygen atoms in total. The average Bonchev–Trinajstić information content (AvgIpc) is 2.46. The van der Waals surface area contributed by atoms with Crippen LogP contribution in [0.3, 0.4) is 0 Å². The minimum Gasteiger partial charge on any atom is -0.447 e. The van der Waals surface area contributed by atoms with Crippen LogP contribution < -0.4 is 0 Å². The van der Waals surface area contributed by atoms with Gasteiger partial charge in [-0.3, -0.25) is 9.89 Å². The predicted octanol–water partition coefficient (Wildman–Crippen LogP) is 1.51. The lowest BCUT2D eigenvalue weighted by Crippen LogP contribution is -2.42. The normalized spacial score (nSPS) is 24.8. The number of aliphatic imine (C=N–C) groups is 1. The zero-order valence-electron chi connectivity index (χ0n) is 8.36. The van der Waals surface area contributed by atoms with E-state index in [-0.39, 0.29) is 18.3 Å². The van der Waals surface area contributed by atoms with Crippen LogP contribution in [0.5, 0.6) is 0 Å². The van der Waals surface area contributed by atoms with Gasteiger partial charge in [-0.25, -0.2) is 4.79 Å². The van der Waals surface area contributed by atoms with E-state index in [0.717, 1.165) is 0 Å². The summed E-state index contributed by atoms with van der Waals surface area (Å²) in [5, 5.41) is 0. The highest BCUT2D eigenvalue weighted by Gasteiger charge is 2.37. The van der Waals surface area contributed by atoms with E-state index in [4.69, 9.17) is 4.74 Å². The van der Waals surface area contributed by atoms with Crippen molar-refractivity contribution >= 4 is 12.8 Å². The van der Waals surface area contributed by atoms with Crippen LogP contribution in [0.25, 0.3) is 0 Å². The number of carbonyl (C=O) groups is 1. The number of hydrogen-bond acceptors (Lipinski definition) is 3. The van der Waals surface area contributed by atoms with Gasteiger partial charge >= 0.3 is 6.09 Å². The van der Waals surface area contributed by atoms with E-state index in [1.54, 1.807) is 4.90 Å². The molecule has 0 aromatic heterocycles. The topological polar surface area (TPSA) is 41.9 Å². The highest BCUT2D eigenvalue weighted by Crippen LogP contribution is 2.22. The van der Waals surface area contributed by atoms with E-state index >= 15 is 0 Å². The lowest BCUT2D eigenvalue weighted by molar-refractivity contribution is 0.145. The van der Waals surface area contributed by atoms with Crippen LogP contribution in [0.1, 0.15) is 20.8 Å². The molecular weight excluding hydrogens is 168 g/mol. The quantitative estimate of drug-likeness (QED) is 0.624. The highest BCUT2D eigenvalue weighted by atomic mass is 16.6. The summed E-state index contributed by atoms with van der Waals surface area (Å²) in [5.74, 6) is 0.385. The van der Waals surface area contributed by atoms with Crippen molar-refractivity contribution in [2.75, 3.05) is 6.61 Å². The summed E-state index contributed by atoms with van der Waals surface area (Å²) < 4.78 is 4.96. The van der Waals surface area contributed by atoms with E-state index in [1.807, 2.05) is 6.92 Å². The molecule has 0 saturated carbocycles. The van der Waals surface area contributed by atoms with Crippen molar-refractivity contribution in [1.29, 1.82) is 0 Å². The predicted molar refractivity (Wildman–Crippen MR) is 50.8 cm³/mol. The van der Waals surface area contributed by atoms with Gasteiger partial charge in [0.15, 0.2) is 0 Å². The summed E-state index contributed by atoms with van der Waals surface area (Å²) in [6.07, 6.45) is -0.471. The third-order valence-electron chi connectivity index (χ3n) is 2.38. The number of carbonyl (C=O) groups excluding carboxylic acids is 1. The van der Waals surface area contributed by atoms with Crippen molar-refractivity contribution in [3.8, 4) is 0 Å². The first-order valence-corrected chi connectivity index (χ1v) is 4.48. The highest BCUT2D eigenvalue weighted by molar-refractivity contribution is 5.70. The van der Waals surface area contributed by atoms with Crippen molar-refractivity contribution in [1.82, 2.24) is 4.90 Å². The minimum absolute atomic E-state index is 0.132. The van der Waals surface area contributed by atoms with Crippen LogP contribution in [-0.4, -0.2) is 36.5 Å². The second-order valence-electron chi connectivity index (χ2n) is 3.61. The van der Waals surface area contributed by atoms with Gasteiger partial charge in [0.1, 0.15) is 12.8 Å². The second-order valence-corrected chi connectivity index (χ2v) is 3.61. The molecule has 1 heterocycles. The maximum absolute atomic E-state index is 11.3. The van der Waals surface area contributed by atoms with Crippen LogP contribution in [0.2, 0.25) is 0 Å². The standard InChI is InChI=1S/C9H16N2O2/c1-6(2)8-5-13-9(12)11(8)7(3)10-4/h6-8H,4-5H2,1-3H3. The van der Waals surface area contributed by atoms with Gasteiger partial charge in [0.2, 0.25) is 0 Å². The van der Waals surface area contributed by atoms with Gasteiger partial charge in [0, 0.05) is 0 Å². The molecule has 2 unspecified atom stereocenters. The van der Waals surface area contributed by atoms with E-state index < -0.39 is 0 Å². The van der Waals surface area contributed by atoms with Gasteiger partial charge in [-0.15, -0.1) is 0 Å². The maximum atomic E-state index is 11.3. The Kier molecular flexibility index (Phi) is 2.90. The number of rotatable bonds is 3. The summed E-state index contributed by atoms with van der Waals surface area (Å²) >= 11 is 0. The van der Waals surface area contributed by atoms with Crippen LogP contribution in [0, 0.1) is 5.92 Å². The van der Waals surface area contributed by atoms with Crippen LogP contribution in [0.15, 0.2) is 4.99 Å². The van der Waals surface area contributed by atoms with Crippen molar-refractivity contribution in [2.24, 2.45) is 10.9 Å². The molecular formula is C9H16N2O2. The molecule has 13 heavy (non-hydrogen) atoms. The fourth-order valence-corrected chi connectivity index (χ4v) is 1.48. The van der Waals surface area contributed by atoms with Crippen LogP contribution in [-0.2, 0) is 4.74 Å². The van der Waals surface area contributed by atoms with E-state index in [2.05, 4.69) is 25.6 Å².